The molecule has 4 heteroatoms. The smallest absolute Gasteiger partial charge is 0.127 e. The summed E-state index contributed by atoms with van der Waals surface area (Å²) in [4.78, 5) is 0. The molecule has 0 saturated heterocycles. The third-order valence-electron chi connectivity index (χ3n) is 3.63. The Morgan fingerprint density at radius 1 is 1.42 bits per heavy atom. The molecule has 1 aliphatic heterocycles. The Hall–Kier alpha value is -1.81. The van der Waals surface area contributed by atoms with Crippen LogP contribution in [0.5, 0.6) is 5.75 Å². The van der Waals surface area contributed by atoms with Gasteiger partial charge in [0.15, 0.2) is 0 Å². The second kappa shape index (κ2) is 4.70. The number of aromatic nitrogens is 2. The second-order valence-electron chi connectivity index (χ2n) is 4.94. The summed E-state index contributed by atoms with van der Waals surface area (Å²) >= 11 is 0. The van der Waals surface area contributed by atoms with Crippen molar-refractivity contribution in [3.05, 3.63) is 35.2 Å². The van der Waals surface area contributed by atoms with Crippen LogP contribution < -0.4 is 10.5 Å². The van der Waals surface area contributed by atoms with Gasteiger partial charge in [-0.25, -0.2) is 0 Å². The number of nitrogens with two attached hydrogens (primary N) is 1. The molecule has 0 spiro atoms. The highest BCUT2D eigenvalue weighted by atomic mass is 16.5. The zero-order chi connectivity index (χ0) is 13.4. The largest absolute Gasteiger partial charge is 0.493 e. The topological polar surface area (TPSA) is 53.1 Å². The number of fused-ring (bicyclic) bond motifs is 1. The van der Waals surface area contributed by atoms with Crippen molar-refractivity contribution in [2.24, 2.45) is 12.8 Å². The molecule has 1 aliphatic rings. The summed E-state index contributed by atoms with van der Waals surface area (Å²) in [6.45, 7) is 3.41. The van der Waals surface area contributed by atoms with Gasteiger partial charge in [0, 0.05) is 37.3 Å². The highest BCUT2D eigenvalue weighted by Crippen LogP contribution is 2.35. The van der Waals surface area contributed by atoms with E-state index in [0.29, 0.717) is 6.54 Å². The lowest BCUT2D eigenvalue weighted by Gasteiger charge is -2.09. The maximum absolute atomic E-state index is 5.84. The number of benzene rings is 1. The first kappa shape index (κ1) is 12.2. The normalized spacial score (nSPS) is 13.4. The lowest BCUT2D eigenvalue weighted by Crippen LogP contribution is -2.00. The second-order valence-corrected chi connectivity index (χ2v) is 4.94. The number of nitrogens with zero attached hydrogens (tertiary/aromatic N) is 2. The van der Waals surface area contributed by atoms with E-state index in [-0.39, 0.29) is 0 Å². The van der Waals surface area contributed by atoms with Gasteiger partial charge in [-0.1, -0.05) is 6.92 Å². The van der Waals surface area contributed by atoms with E-state index in [0.717, 1.165) is 36.5 Å². The van der Waals surface area contributed by atoms with Crippen LogP contribution in [0.15, 0.2) is 18.3 Å². The van der Waals surface area contributed by atoms with Crippen molar-refractivity contribution in [3.8, 4) is 16.9 Å². The lowest BCUT2D eigenvalue weighted by molar-refractivity contribution is 0.353. The Bertz CT molecular complexity index is 616. The van der Waals surface area contributed by atoms with Crippen LogP contribution in [0.25, 0.3) is 11.1 Å². The Labute approximate surface area is 113 Å². The van der Waals surface area contributed by atoms with Gasteiger partial charge in [-0.15, -0.1) is 0 Å². The first-order valence-corrected chi connectivity index (χ1v) is 6.74. The van der Waals surface area contributed by atoms with Crippen molar-refractivity contribution in [1.82, 2.24) is 9.78 Å². The molecule has 19 heavy (non-hydrogen) atoms. The number of aryl methyl sites for hydroxylation is 2. The standard InChI is InChI=1S/C15H19N3O/c1-3-14-13(9-18(2)17-14)11-6-10-4-5-19-15(10)12(7-11)8-16/h6-7,9H,3-5,8,16H2,1-2H3. The zero-order valence-electron chi connectivity index (χ0n) is 11.4. The molecule has 0 aliphatic carbocycles. The highest BCUT2D eigenvalue weighted by Gasteiger charge is 2.19. The predicted molar refractivity (Wildman–Crippen MR) is 75.1 cm³/mol. The number of ether oxygens (including phenoxy) is 1. The molecule has 0 fully saturated rings. The van der Waals surface area contributed by atoms with E-state index in [4.69, 9.17) is 10.5 Å². The highest BCUT2D eigenvalue weighted by molar-refractivity contribution is 5.69. The van der Waals surface area contributed by atoms with Crippen molar-refractivity contribution >= 4 is 0 Å². The average molecular weight is 257 g/mol. The SMILES string of the molecule is CCc1nn(C)cc1-c1cc(CN)c2c(c1)CCO2. The number of hydrogen-bond acceptors (Lipinski definition) is 3. The van der Waals surface area contributed by atoms with Crippen LogP contribution in [0.4, 0.5) is 0 Å². The Kier molecular flexibility index (Phi) is 3.03. The van der Waals surface area contributed by atoms with E-state index >= 15 is 0 Å². The molecule has 1 aromatic carbocycles. The maximum Gasteiger partial charge on any atom is 0.127 e. The minimum absolute atomic E-state index is 0.512. The van der Waals surface area contributed by atoms with Gasteiger partial charge >= 0.3 is 0 Å². The third-order valence-corrected chi connectivity index (χ3v) is 3.63. The third kappa shape index (κ3) is 2.02. The molecule has 2 heterocycles. The Morgan fingerprint density at radius 3 is 3.00 bits per heavy atom. The minimum atomic E-state index is 0.512. The molecule has 100 valence electrons. The van der Waals surface area contributed by atoms with Crippen LogP contribution in [0.3, 0.4) is 0 Å². The van der Waals surface area contributed by atoms with Crippen LogP contribution >= 0.6 is 0 Å². The molecular weight excluding hydrogens is 238 g/mol. The van der Waals surface area contributed by atoms with Crippen LogP contribution in [0, 0.1) is 0 Å². The van der Waals surface area contributed by atoms with Crippen LogP contribution in [0.2, 0.25) is 0 Å². The Balaban J connectivity index is 2.15. The molecule has 0 bridgehead atoms. The first-order chi connectivity index (χ1) is 9.22. The molecular formula is C15H19N3O. The maximum atomic E-state index is 5.84. The van der Waals surface area contributed by atoms with Gasteiger partial charge in [-0.2, -0.15) is 5.10 Å². The number of rotatable bonds is 3. The van der Waals surface area contributed by atoms with Gasteiger partial charge in [-0.3, -0.25) is 4.68 Å². The van der Waals surface area contributed by atoms with Crippen molar-refractivity contribution < 1.29 is 4.74 Å². The van der Waals surface area contributed by atoms with Crippen LogP contribution in [-0.2, 0) is 26.4 Å². The summed E-state index contributed by atoms with van der Waals surface area (Å²) in [6.07, 6.45) is 3.98. The van der Waals surface area contributed by atoms with Gasteiger partial charge in [0.25, 0.3) is 0 Å². The van der Waals surface area contributed by atoms with E-state index in [1.165, 1.54) is 16.7 Å². The van der Waals surface area contributed by atoms with Gasteiger partial charge in [0.2, 0.25) is 0 Å². The van der Waals surface area contributed by atoms with Gasteiger partial charge in [0.05, 0.1) is 12.3 Å². The summed E-state index contributed by atoms with van der Waals surface area (Å²) in [5.41, 5.74) is 11.7. The summed E-state index contributed by atoms with van der Waals surface area (Å²) in [7, 11) is 1.96. The summed E-state index contributed by atoms with van der Waals surface area (Å²) in [6, 6.07) is 4.36. The van der Waals surface area contributed by atoms with Crippen molar-refractivity contribution in [2.45, 2.75) is 26.3 Å². The molecule has 0 radical (unpaired) electrons. The van der Waals surface area contributed by atoms with Gasteiger partial charge < -0.3 is 10.5 Å². The molecule has 0 amide bonds. The van der Waals surface area contributed by atoms with E-state index in [9.17, 15) is 0 Å². The average Bonchev–Trinajstić information content (AvgIpc) is 3.02. The van der Waals surface area contributed by atoms with Gasteiger partial charge in [0.1, 0.15) is 5.75 Å². The van der Waals surface area contributed by atoms with E-state index < -0.39 is 0 Å². The molecule has 3 rings (SSSR count). The molecule has 0 atom stereocenters. The fourth-order valence-electron chi connectivity index (χ4n) is 2.73. The Morgan fingerprint density at radius 2 is 2.26 bits per heavy atom. The zero-order valence-corrected chi connectivity index (χ0v) is 11.4. The summed E-state index contributed by atoms with van der Waals surface area (Å²) < 4.78 is 7.55. The van der Waals surface area contributed by atoms with Gasteiger partial charge in [-0.05, 0) is 29.7 Å². The number of hydrogen-bond donors (Lipinski definition) is 1. The fraction of sp³-hybridized carbons (Fsp3) is 0.400. The van der Waals surface area contributed by atoms with Crippen molar-refractivity contribution in [2.75, 3.05) is 6.61 Å². The summed E-state index contributed by atoms with van der Waals surface area (Å²) in [5, 5.41) is 4.51. The fourth-order valence-corrected chi connectivity index (χ4v) is 2.73. The van der Waals surface area contributed by atoms with E-state index in [2.05, 4.69) is 30.4 Å². The van der Waals surface area contributed by atoms with Crippen LogP contribution in [-0.4, -0.2) is 16.4 Å². The van der Waals surface area contributed by atoms with E-state index in [1.54, 1.807) is 0 Å². The van der Waals surface area contributed by atoms with Crippen molar-refractivity contribution in [1.29, 1.82) is 0 Å². The molecule has 2 aromatic rings. The predicted octanol–water partition coefficient (Wildman–Crippen LogP) is 2.04. The van der Waals surface area contributed by atoms with Crippen molar-refractivity contribution in [3.63, 3.8) is 0 Å². The molecule has 1 aromatic heterocycles. The molecule has 4 nitrogen and oxygen atoms in total. The monoisotopic (exact) mass is 257 g/mol. The minimum Gasteiger partial charge on any atom is -0.493 e. The van der Waals surface area contributed by atoms with E-state index in [1.807, 2.05) is 11.7 Å². The van der Waals surface area contributed by atoms with Crippen LogP contribution in [0.1, 0.15) is 23.7 Å². The first-order valence-electron chi connectivity index (χ1n) is 6.74. The quantitative estimate of drug-likeness (QED) is 0.915. The molecule has 0 saturated carbocycles. The summed E-state index contributed by atoms with van der Waals surface area (Å²) in [5.74, 6) is 0.994. The molecule has 0 unspecified atom stereocenters. The lowest BCUT2D eigenvalue weighted by atomic mass is 9.98. The molecule has 2 N–H and O–H groups in total.